The Bertz CT molecular complexity index is 3810. The molecule has 0 atom stereocenters. The number of phenolic OH excluding ortho intramolecular Hbond substituents is 2. The number of fused-ring (bicyclic) bond motifs is 5. The molecule has 0 saturated carbocycles. The van der Waals surface area contributed by atoms with E-state index in [9.17, 15) is 20.1 Å². The van der Waals surface area contributed by atoms with E-state index in [4.69, 9.17) is 0 Å². The minimum atomic E-state index is -0.994. The number of rotatable bonds is 5. The summed E-state index contributed by atoms with van der Waals surface area (Å²) < 4.78 is 0. The Hall–Kier alpha value is -8.43. The number of para-hydroxylation sites is 3. The second kappa shape index (κ2) is 29.8. The number of hydrogen-bond donors (Lipinski definition) is 3. The summed E-state index contributed by atoms with van der Waals surface area (Å²) in [6, 6.07) is 83.2. The van der Waals surface area contributed by atoms with E-state index in [0.717, 1.165) is 77.3 Å². The van der Waals surface area contributed by atoms with Crippen molar-refractivity contribution in [1.82, 2.24) is 24.9 Å². The third-order valence-electron chi connectivity index (χ3n) is 11.8. The number of nitrogens with zero attached hydrogens (tertiary/aromatic N) is 5. The number of pyridine rings is 5. The average molecular weight is 1550 g/mol. The number of aromatic hydroxyl groups is 2. The van der Waals surface area contributed by atoms with E-state index in [1.165, 1.54) is 0 Å². The first kappa shape index (κ1) is 58.8. The number of phenols is 2. The maximum atomic E-state index is 11.2. The first-order chi connectivity index (χ1) is 36.9. The molecule has 0 spiro atoms. The fourth-order valence-electron chi connectivity index (χ4n) is 8.15. The summed E-state index contributed by atoms with van der Waals surface area (Å²) in [6.07, 6.45) is 7.17. The number of benzene rings is 8. The summed E-state index contributed by atoms with van der Waals surface area (Å²) in [4.78, 5) is 32.6. The Labute approximate surface area is 492 Å². The predicted molar refractivity (Wildman–Crippen MR) is 301 cm³/mol. The summed E-state index contributed by atoms with van der Waals surface area (Å²) in [7, 11) is 0. The molecule has 0 unspecified atom stereocenters. The molecule has 3 radical (unpaired) electrons. The zero-order chi connectivity index (χ0) is 51.6. The second-order valence-electron chi connectivity index (χ2n) is 16.6. The SMILES string of the molecule is O=C(O)c1nc2ccccc2c2ccccc12.Oc1ccccc1-c1cc2ccccc2cn1.Oc1ccccc1-c1nccc2ccccc12.[Ir].[Ir].[Ir].[c-]1ccccc1-c1ccccn1.[c-]1ccccc1-c1ccccn1. The molecule has 13 rings (SSSR count). The maximum Gasteiger partial charge on any atom is 0.355 e. The Kier molecular flexibility index (Phi) is 22.4. The third kappa shape index (κ3) is 15.2. The number of aromatic carboxylic acids is 1. The van der Waals surface area contributed by atoms with Gasteiger partial charge in [-0.1, -0.05) is 140 Å². The van der Waals surface area contributed by atoms with E-state index >= 15 is 0 Å². The number of carboxylic acid groups (broad SMARTS) is 1. The monoisotopic (exact) mass is 1550 g/mol. The quantitative estimate of drug-likeness (QED) is 0.113. The van der Waals surface area contributed by atoms with Crippen LogP contribution in [0.15, 0.2) is 267 Å². The fraction of sp³-hybridized carbons (Fsp3) is 0. The van der Waals surface area contributed by atoms with Crippen molar-refractivity contribution in [1.29, 1.82) is 0 Å². The van der Waals surface area contributed by atoms with E-state index in [1.54, 1.807) is 42.9 Å². The van der Waals surface area contributed by atoms with Crippen LogP contribution in [0, 0.1) is 12.1 Å². The molecule has 12 heteroatoms. The van der Waals surface area contributed by atoms with Crippen molar-refractivity contribution in [2.75, 3.05) is 0 Å². The molecule has 5 heterocycles. The van der Waals surface area contributed by atoms with Crippen molar-refractivity contribution >= 4 is 49.2 Å². The van der Waals surface area contributed by atoms with E-state index in [0.29, 0.717) is 10.9 Å². The van der Waals surface area contributed by atoms with Gasteiger partial charge < -0.3 is 25.3 Å². The van der Waals surface area contributed by atoms with Crippen LogP contribution in [0.2, 0.25) is 0 Å². The van der Waals surface area contributed by atoms with Crippen molar-refractivity contribution in [3.8, 4) is 56.5 Å². The standard InChI is InChI=1S/2C15H11NO.C14H9NO2.2C11H8N.3Ir/c17-15-8-4-3-7-13(15)14-9-11-5-1-2-6-12(11)10-16-14;17-14-8-4-3-7-13(14)15-12-6-2-1-5-11(12)9-10-16-15;16-14(17)13-11-7-2-1-5-9(11)10-6-3-4-8-12(10)15-13;2*1-2-6-10(7-3-1)11-8-4-5-9-12-11;;;/h2*1-10,17H;1-8H,(H,16,17);2*1-6,8-9H;;;/q;;;2*-1;;;. The molecule has 0 amide bonds. The third-order valence-corrected chi connectivity index (χ3v) is 11.8. The van der Waals surface area contributed by atoms with Crippen LogP contribution in [0.5, 0.6) is 11.5 Å². The number of carbonyl (C=O) groups is 1. The molecule has 0 aliphatic rings. The number of hydrogen-bond acceptors (Lipinski definition) is 8. The number of carboxylic acids is 1. The molecule has 0 fully saturated rings. The first-order valence-electron chi connectivity index (χ1n) is 23.9. The average Bonchev–Trinajstić information content (AvgIpc) is 3.56. The maximum absolute atomic E-state index is 11.2. The van der Waals surface area contributed by atoms with Gasteiger partial charge in [0.1, 0.15) is 11.5 Å². The van der Waals surface area contributed by atoms with E-state index in [2.05, 4.69) is 37.1 Å². The molecule has 5 aromatic heterocycles. The van der Waals surface area contributed by atoms with Gasteiger partial charge in [-0.2, -0.15) is 0 Å². The van der Waals surface area contributed by atoms with Gasteiger partial charge in [0.2, 0.25) is 0 Å². The Morgan fingerprint density at radius 2 is 0.872 bits per heavy atom. The number of aromatic nitrogens is 5. The van der Waals surface area contributed by atoms with Crippen molar-refractivity contribution in [3.05, 3.63) is 285 Å². The van der Waals surface area contributed by atoms with Crippen LogP contribution in [0.1, 0.15) is 10.5 Å². The summed E-state index contributed by atoms with van der Waals surface area (Å²) in [5.41, 5.74) is 7.99. The van der Waals surface area contributed by atoms with Crippen LogP contribution < -0.4 is 0 Å². The van der Waals surface area contributed by atoms with Gasteiger partial charge in [0.25, 0.3) is 0 Å². The van der Waals surface area contributed by atoms with Crippen LogP contribution in [-0.4, -0.2) is 46.2 Å². The summed E-state index contributed by atoms with van der Waals surface area (Å²) >= 11 is 0. The minimum absolute atomic E-state index is 0. The molecule has 3 N–H and O–H groups in total. The van der Waals surface area contributed by atoms with Crippen molar-refractivity contribution in [2.45, 2.75) is 0 Å². The normalized spacial score (nSPS) is 9.95. The predicted octanol–water partition coefficient (Wildman–Crippen LogP) is 15.4. The van der Waals surface area contributed by atoms with Crippen LogP contribution in [0.4, 0.5) is 0 Å². The molecule has 0 saturated heterocycles. The molecule has 9 nitrogen and oxygen atoms in total. The van der Waals surface area contributed by atoms with Gasteiger partial charge in [-0.05, 0) is 82.1 Å². The molecule has 8 aromatic carbocycles. The first-order valence-corrected chi connectivity index (χ1v) is 23.9. The molecule has 389 valence electrons. The molecule has 0 aliphatic heterocycles. The summed E-state index contributed by atoms with van der Waals surface area (Å²) in [5, 5.41) is 35.9. The fourth-order valence-corrected chi connectivity index (χ4v) is 8.15. The summed E-state index contributed by atoms with van der Waals surface area (Å²) in [5.74, 6) is -0.474. The zero-order valence-electron chi connectivity index (χ0n) is 41.4. The Balaban J connectivity index is 0.000000158. The van der Waals surface area contributed by atoms with Crippen molar-refractivity contribution in [3.63, 3.8) is 0 Å². The minimum Gasteiger partial charge on any atom is -0.507 e. The zero-order valence-corrected chi connectivity index (χ0v) is 48.6. The molecule has 0 bridgehead atoms. The van der Waals surface area contributed by atoms with E-state index in [1.807, 2.05) is 225 Å². The topological polar surface area (TPSA) is 142 Å². The largest absolute Gasteiger partial charge is 0.507 e. The van der Waals surface area contributed by atoms with Gasteiger partial charge in [0, 0.05) is 118 Å². The van der Waals surface area contributed by atoms with Crippen LogP contribution in [0.3, 0.4) is 0 Å². The van der Waals surface area contributed by atoms with Gasteiger partial charge in [0.05, 0.1) is 16.9 Å². The Morgan fingerprint density at radius 1 is 0.385 bits per heavy atom. The van der Waals surface area contributed by atoms with E-state index in [-0.39, 0.29) is 77.5 Å². The van der Waals surface area contributed by atoms with Gasteiger partial charge in [0.15, 0.2) is 5.69 Å². The van der Waals surface area contributed by atoms with Crippen LogP contribution in [0.25, 0.3) is 88.2 Å². The second-order valence-corrected chi connectivity index (χ2v) is 16.6. The van der Waals surface area contributed by atoms with Gasteiger partial charge in [-0.25, -0.2) is 9.78 Å². The molecule has 13 aromatic rings. The van der Waals surface area contributed by atoms with Gasteiger partial charge in [-0.15, -0.1) is 71.8 Å². The van der Waals surface area contributed by atoms with E-state index < -0.39 is 5.97 Å². The molecule has 0 aliphatic carbocycles. The molecule has 78 heavy (non-hydrogen) atoms. The van der Waals surface area contributed by atoms with Crippen LogP contribution >= 0.6 is 0 Å². The van der Waals surface area contributed by atoms with Crippen molar-refractivity contribution < 1.29 is 80.4 Å². The molecular weight excluding hydrogens is 1500 g/mol. The van der Waals surface area contributed by atoms with Gasteiger partial charge >= 0.3 is 5.97 Å². The Morgan fingerprint density at radius 3 is 1.44 bits per heavy atom. The smallest absolute Gasteiger partial charge is 0.355 e. The molecular formula is C66H47Ir3N5O4-2. The van der Waals surface area contributed by atoms with Gasteiger partial charge in [-0.3, -0.25) is 9.97 Å². The summed E-state index contributed by atoms with van der Waals surface area (Å²) in [6.45, 7) is 0. The van der Waals surface area contributed by atoms with Crippen molar-refractivity contribution in [2.24, 2.45) is 0 Å². The van der Waals surface area contributed by atoms with Crippen LogP contribution in [-0.2, 0) is 60.3 Å².